The Labute approximate surface area is 203 Å². The maximum Gasteiger partial charge on any atom is 0.157 e. The van der Waals surface area contributed by atoms with E-state index >= 15 is 0 Å². The third-order valence-electron chi connectivity index (χ3n) is 2.66. The molecule has 0 amide bonds. The van der Waals surface area contributed by atoms with Crippen molar-refractivity contribution in [2.24, 2.45) is 5.73 Å². The van der Waals surface area contributed by atoms with E-state index in [9.17, 15) is 0 Å². The van der Waals surface area contributed by atoms with Crippen LogP contribution in [0.4, 0.5) is 0 Å². The number of rotatable bonds is 15. The summed E-state index contributed by atoms with van der Waals surface area (Å²) in [4.78, 5) is 0. The van der Waals surface area contributed by atoms with Crippen molar-refractivity contribution in [2.45, 2.75) is 66.0 Å². The molecule has 0 aliphatic heterocycles. The van der Waals surface area contributed by atoms with Crippen LogP contribution in [-0.4, -0.2) is 96.6 Å². The van der Waals surface area contributed by atoms with Crippen LogP contribution in [0.2, 0.25) is 0 Å². The number of nitrogens with two attached hydrogens (primary N) is 1. The summed E-state index contributed by atoms with van der Waals surface area (Å²) in [5.74, 6) is 0. The van der Waals surface area contributed by atoms with Crippen molar-refractivity contribution in [3.63, 3.8) is 0 Å². The van der Waals surface area contributed by atoms with Gasteiger partial charge < -0.3 is 33.7 Å². The Kier molecular flexibility index (Phi) is 11.3. The lowest BCUT2D eigenvalue weighted by Gasteiger charge is -2.25. The molecule has 0 atom stereocenters. The summed E-state index contributed by atoms with van der Waals surface area (Å²) < 4.78 is 144. The Morgan fingerprint density at radius 3 is 1.50 bits per heavy atom. The molecule has 0 aliphatic rings. The van der Waals surface area contributed by atoms with Gasteiger partial charge in [-0.05, 0) is 47.0 Å². The quantitative estimate of drug-likeness (QED) is 0.218. The second-order valence-electron chi connectivity index (χ2n) is 5.50. The highest BCUT2D eigenvalue weighted by atomic mass is 32.2. The lowest BCUT2D eigenvalue weighted by molar-refractivity contribution is -0.870. The molecule has 0 aromatic carbocycles. The lowest BCUT2D eigenvalue weighted by atomic mass is 10.3. The number of ether oxygens (including phenoxy) is 4. The van der Waals surface area contributed by atoms with Gasteiger partial charge in [0.15, 0.2) is 12.6 Å². The first-order chi connectivity index (χ1) is 19.0. The summed E-state index contributed by atoms with van der Waals surface area (Å²) >= 11 is 0. The normalized spacial score (nSPS) is 20.4. The fourth-order valence-corrected chi connectivity index (χ4v) is 1.72. The number of hydrogen-bond donors (Lipinski definition) is 1. The topological polar surface area (TPSA) is 120 Å². The molecule has 10 heteroatoms. The highest BCUT2D eigenvalue weighted by Crippen LogP contribution is 2.06. The summed E-state index contributed by atoms with van der Waals surface area (Å²) in [6.07, 6.45) is -0.759. The molecular formula is C20H48N2O7S. The minimum absolute atomic E-state index is 0.197. The van der Waals surface area contributed by atoms with Gasteiger partial charge in [0, 0.05) is 48.3 Å². The molecule has 0 aromatic heterocycles. The van der Waals surface area contributed by atoms with Gasteiger partial charge in [0.1, 0.15) is 0 Å². The summed E-state index contributed by atoms with van der Waals surface area (Å²) in [7, 11) is -3.92. The molecule has 0 radical (unpaired) electrons. The molecule has 0 bridgehead atoms. The fraction of sp³-hybridized carbons (Fsp3) is 1.00. The summed E-state index contributed by atoms with van der Waals surface area (Å²) in [5.41, 5.74) is 5.20. The zero-order chi connectivity index (χ0) is 35.1. The van der Waals surface area contributed by atoms with E-state index in [1.54, 1.807) is 13.8 Å². The van der Waals surface area contributed by atoms with Crippen LogP contribution >= 0.6 is 0 Å². The van der Waals surface area contributed by atoms with E-state index in [-0.39, 0.29) is 32.3 Å². The molecule has 0 aliphatic carbocycles. The molecular weight excluding hydrogens is 412 g/mol. The van der Waals surface area contributed by atoms with Gasteiger partial charge in [0.05, 0.1) is 52.6 Å². The van der Waals surface area contributed by atoms with Gasteiger partial charge in [-0.25, -0.2) is 8.42 Å². The van der Waals surface area contributed by atoms with Gasteiger partial charge in [0.25, 0.3) is 0 Å². The second-order valence-corrected chi connectivity index (χ2v) is 6.90. The number of hydrogen-bond acceptors (Lipinski definition) is 8. The average molecular weight is 474 g/mol. The molecule has 30 heavy (non-hydrogen) atoms. The first-order valence-corrected chi connectivity index (χ1v) is 11.4. The minimum atomic E-state index is -3.92. The molecule has 0 rings (SSSR count). The van der Waals surface area contributed by atoms with Crippen LogP contribution in [0.25, 0.3) is 0 Å². The van der Waals surface area contributed by atoms with E-state index in [1.165, 1.54) is 0 Å². The van der Waals surface area contributed by atoms with E-state index < -0.39 is 61.2 Å². The summed E-state index contributed by atoms with van der Waals surface area (Å²) in [6, 6.07) is 0. The van der Waals surface area contributed by atoms with Crippen LogP contribution in [0.15, 0.2) is 0 Å². The van der Waals surface area contributed by atoms with Gasteiger partial charge in [-0.1, -0.05) is 0 Å². The highest BCUT2D eigenvalue weighted by molar-refractivity contribution is 7.84. The Morgan fingerprint density at radius 2 is 1.23 bits per heavy atom. The molecule has 186 valence electrons. The van der Waals surface area contributed by atoms with Crippen LogP contribution in [-0.2, 0) is 29.1 Å². The Bertz CT molecular complexity index is 794. The van der Waals surface area contributed by atoms with E-state index in [1.807, 2.05) is 13.8 Å². The monoisotopic (exact) mass is 473 g/mol. The third kappa shape index (κ3) is 38.3. The van der Waals surface area contributed by atoms with Gasteiger partial charge in [-0.2, -0.15) is 0 Å². The van der Waals surface area contributed by atoms with Crippen LogP contribution in [0.1, 0.15) is 71.2 Å². The zero-order valence-electron chi connectivity index (χ0n) is 31.6. The van der Waals surface area contributed by atoms with Crippen LogP contribution in [0, 0.1) is 0 Å². The average Bonchev–Trinajstić information content (AvgIpc) is 2.72. The molecule has 0 aromatic rings. The van der Waals surface area contributed by atoms with E-state index in [2.05, 4.69) is 0 Å². The number of quaternary nitrogens is 1. The first-order valence-electron chi connectivity index (χ1n) is 16.0. The van der Waals surface area contributed by atoms with Gasteiger partial charge in [0.2, 0.25) is 0 Å². The largest absolute Gasteiger partial charge is 0.748 e. The van der Waals surface area contributed by atoms with E-state index in [0.29, 0.717) is 25.9 Å². The van der Waals surface area contributed by atoms with Crippen LogP contribution < -0.4 is 5.73 Å². The summed E-state index contributed by atoms with van der Waals surface area (Å²) in [5, 5.41) is 0. The van der Waals surface area contributed by atoms with Crippen molar-refractivity contribution < 1.29 is 54.2 Å². The summed E-state index contributed by atoms with van der Waals surface area (Å²) in [6.45, 7) is -6.96. The smallest absolute Gasteiger partial charge is 0.157 e. The fourth-order valence-electron chi connectivity index (χ4n) is 1.72. The van der Waals surface area contributed by atoms with Crippen molar-refractivity contribution in [1.82, 2.24) is 0 Å². The molecule has 0 heterocycles. The number of nitrogens with zero attached hydrogens (tertiary/aromatic N) is 1. The maximum atomic E-state index is 9.08. The van der Waals surface area contributed by atoms with Crippen LogP contribution in [0.3, 0.4) is 0 Å². The lowest BCUT2D eigenvalue weighted by Crippen LogP contribution is -2.35. The maximum absolute atomic E-state index is 9.08. The zero-order valence-corrected chi connectivity index (χ0v) is 19.4. The van der Waals surface area contributed by atoms with Crippen molar-refractivity contribution in [2.75, 3.05) is 66.6 Å². The molecule has 0 spiro atoms. The third-order valence-corrected chi connectivity index (χ3v) is 2.66. The Hall–Kier alpha value is -0.330. The molecule has 0 saturated carbocycles. The standard InChI is InChI=1S/C11H26NO2.C8H19NO2.CH4O3S/c1-6-13-11(14-7-2)9-8-10-12(3,4)5;1-3-10-8(11-4-2)6-5-7-9;1-5(2,3)4/h11H,6-10H2,1-5H3;8H,3-7,9H2,1-2H3;1H3,(H,2,3,4)/q+1;;/p-1/i3D3,4D3,5D3,10D2;7D2;. The molecule has 9 nitrogen and oxygen atoms in total. The van der Waals surface area contributed by atoms with Crippen molar-refractivity contribution >= 4 is 10.1 Å². The van der Waals surface area contributed by atoms with Crippen molar-refractivity contribution in [3.8, 4) is 0 Å². The highest BCUT2D eigenvalue weighted by Gasteiger charge is 2.11. The molecule has 0 saturated heterocycles. The van der Waals surface area contributed by atoms with Crippen LogP contribution in [0.5, 0.6) is 0 Å². The molecule has 0 unspecified atom stereocenters. The predicted octanol–water partition coefficient (Wildman–Crippen LogP) is 2.16. The van der Waals surface area contributed by atoms with E-state index in [4.69, 9.17) is 55.5 Å². The predicted molar refractivity (Wildman–Crippen MR) is 120 cm³/mol. The van der Waals surface area contributed by atoms with Gasteiger partial charge >= 0.3 is 0 Å². The van der Waals surface area contributed by atoms with E-state index in [0.717, 1.165) is 0 Å². The van der Waals surface area contributed by atoms with Gasteiger partial charge in [-0.3, -0.25) is 0 Å². The Balaban J connectivity index is -0.000000735. The molecule has 2 N–H and O–H groups in total. The first kappa shape index (κ1) is 15.5. The SMILES string of the molecule is CS(=O)(=O)[O-].[2H]C([2H])(N)CCC(OCC)OCC.[2H]C([2H])([2H])[N+](C([2H])([2H])[2H])(C([2H])([2H])[2H])C([2H])([2H])CCC(OCC)OCC. The second kappa shape index (κ2) is 21.9. The van der Waals surface area contributed by atoms with Gasteiger partial charge in [-0.15, -0.1) is 0 Å². The van der Waals surface area contributed by atoms with Crippen molar-refractivity contribution in [1.29, 1.82) is 0 Å². The van der Waals surface area contributed by atoms with Crippen molar-refractivity contribution in [3.05, 3.63) is 0 Å². The minimum Gasteiger partial charge on any atom is -0.748 e. The Morgan fingerprint density at radius 1 is 0.900 bits per heavy atom. The molecule has 0 fully saturated rings.